The summed E-state index contributed by atoms with van der Waals surface area (Å²) in [4.78, 5) is 14.3. The molecule has 0 heterocycles. The van der Waals surface area contributed by atoms with Gasteiger partial charge in [-0.25, -0.2) is 0 Å². The summed E-state index contributed by atoms with van der Waals surface area (Å²) >= 11 is 5.86. The molecule has 116 valence electrons. The highest BCUT2D eigenvalue weighted by molar-refractivity contribution is 6.30. The normalized spacial score (nSPS) is 10.3. The number of carbonyl (C=O) groups is 1. The summed E-state index contributed by atoms with van der Waals surface area (Å²) in [5.74, 6) is 0.930. The standard InChI is InChI=1S/C18H20ClNO2/c1-3-20(13-15-6-10-17(22-2)11-7-15)18(21)12-14-4-8-16(19)9-5-14/h4-11H,3,12-13H2,1-2H3. The van der Waals surface area contributed by atoms with Crippen molar-refractivity contribution < 1.29 is 9.53 Å². The third kappa shape index (κ3) is 4.50. The van der Waals surface area contributed by atoms with Crippen molar-refractivity contribution in [3.63, 3.8) is 0 Å². The molecule has 0 atom stereocenters. The van der Waals surface area contributed by atoms with E-state index in [1.807, 2.05) is 60.4 Å². The molecule has 0 radical (unpaired) electrons. The zero-order valence-electron chi connectivity index (χ0n) is 12.9. The van der Waals surface area contributed by atoms with Gasteiger partial charge in [0, 0.05) is 18.1 Å². The van der Waals surface area contributed by atoms with Gasteiger partial charge in [-0.3, -0.25) is 4.79 Å². The van der Waals surface area contributed by atoms with Crippen LogP contribution in [0.15, 0.2) is 48.5 Å². The van der Waals surface area contributed by atoms with Crippen LogP contribution in [0.4, 0.5) is 0 Å². The number of halogens is 1. The fourth-order valence-corrected chi connectivity index (χ4v) is 2.34. The van der Waals surface area contributed by atoms with Crippen LogP contribution in [0.2, 0.25) is 5.02 Å². The van der Waals surface area contributed by atoms with Crippen molar-refractivity contribution in [2.45, 2.75) is 19.9 Å². The van der Waals surface area contributed by atoms with E-state index < -0.39 is 0 Å². The van der Waals surface area contributed by atoms with Gasteiger partial charge in [0.25, 0.3) is 0 Å². The van der Waals surface area contributed by atoms with Crippen LogP contribution in [-0.4, -0.2) is 24.5 Å². The SMILES string of the molecule is CCN(Cc1ccc(OC)cc1)C(=O)Cc1ccc(Cl)cc1. The highest BCUT2D eigenvalue weighted by Gasteiger charge is 2.13. The minimum Gasteiger partial charge on any atom is -0.497 e. The number of hydrogen-bond donors (Lipinski definition) is 0. The summed E-state index contributed by atoms with van der Waals surface area (Å²) in [6.45, 7) is 3.27. The molecule has 1 amide bonds. The Bertz CT molecular complexity index is 608. The highest BCUT2D eigenvalue weighted by Crippen LogP contribution is 2.15. The van der Waals surface area contributed by atoms with Crippen molar-refractivity contribution in [3.05, 3.63) is 64.7 Å². The average molecular weight is 318 g/mol. The second kappa shape index (κ2) is 7.85. The Labute approximate surface area is 136 Å². The quantitative estimate of drug-likeness (QED) is 0.807. The summed E-state index contributed by atoms with van der Waals surface area (Å²) in [5.41, 5.74) is 2.06. The zero-order valence-corrected chi connectivity index (χ0v) is 13.6. The Morgan fingerprint density at radius 3 is 2.18 bits per heavy atom. The molecule has 0 aliphatic rings. The molecular weight excluding hydrogens is 298 g/mol. The van der Waals surface area contributed by atoms with Gasteiger partial charge in [-0.1, -0.05) is 35.9 Å². The van der Waals surface area contributed by atoms with Crippen LogP contribution < -0.4 is 4.74 Å². The lowest BCUT2D eigenvalue weighted by Crippen LogP contribution is -2.31. The first-order valence-electron chi connectivity index (χ1n) is 7.27. The minimum absolute atomic E-state index is 0.112. The lowest BCUT2D eigenvalue weighted by atomic mass is 10.1. The Balaban J connectivity index is 2.00. The number of nitrogens with zero attached hydrogens (tertiary/aromatic N) is 1. The molecular formula is C18H20ClNO2. The van der Waals surface area contributed by atoms with Crippen molar-refractivity contribution in [1.82, 2.24) is 4.90 Å². The molecule has 0 spiro atoms. The van der Waals surface area contributed by atoms with Crippen molar-refractivity contribution in [2.24, 2.45) is 0 Å². The van der Waals surface area contributed by atoms with E-state index in [0.717, 1.165) is 16.9 Å². The molecule has 2 aromatic carbocycles. The number of methoxy groups -OCH3 is 1. The molecule has 0 aliphatic heterocycles. The molecule has 0 N–H and O–H groups in total. The predicted molar refractivity (Wildman–Crippen MR) is 89.2 cm³/mol. The van der Waals surface area contributed by atoms with Crippen LogP contribution in [0.1, 0.15) is 18.1 Å². The lowest BCUT2D eigenvalue weighted by Gasteiger charge is -2.21. The van der Waals surface area contributed by atoms with Crippen LogP contribution in [0.5, 0.6) is 5.75 Å². The first-order valence-corrected chi connectivity index (χ1v) is 7.65. The zero-order chi connectivity index (χ0) is 15.9. The van der Waals surface area contributed by atoms with Gasteiger partial charge >= 0.3 is 0 Å². The largest absolute Gasteiger partial charge is 0.497 e. The minimum atomic E-state index is 0.112. The average Bonchev–Trinajstić information content (AvgIpc) is 2.55. The van der Waals surface area contributed by atoms with Crippen LogP contribution in [0.3, 0.4) is 0 Å². The summed E-state index contributed by atoms with van der Waals surface area (Å²) in [5, 5.41) is 0.682. The fourth-order valence-electron chi connectivity index (χ4n) is 2.22. The highest BCUT2D eigenvalue weighted by atomic mass is 35.5. The Morgan fingerprint density at radius 2 is 1.64 bits per heavy atom. The second-order valence-electron chi connectivity index (χ2n) is 5.06. The number of likely N-dealkylation sites (N-methyl/N-ethyl adjacent to an activating group) is 1. The van der Waals surface area contributed by atoms with Gasteiger partial charge < -0.3 is 9.64 Å². The third-order valence-corrected chi connectivity index (χ3v) is 3.79. The smallest absolute Gasteiger partial charge is 0.227 e. The van der Waals surface area contributed by atoms with Gasteiger partial charge in [0.15, 0.2) is 0 Å². The van der Waals surface area contributed by atoms with E-state index in [9.17, 15) is 4.79 Å². The van der Waals surface area contributed by atoms with Gasteiger partial charge in [0.1, 0.15) is 5.75 Å². The fraction of sp³-hybridized carbons (Fsp3) is 0.278. The van der Waals surface area contributed by atoms with Gasteiger partial charge in [-0.15, -0.1) is 0 Å². The van der Waals surface area contributed by atoms with E-state index in [4.69, 9.17) is 16.3 Å². The summed E-state index contributed by atoms with van der Waals surface area (Å²) in [6.07, 6.45) is 0.390. The number of carbonyl (C=O) groups excluding carboxylic acids is 1. The molecule has 22 heavy (non-hydrogen) atoms. The Hall–Kier alpha value is -2.00. The number of ether oxygens (including phenoxy) is 1. The van der Waals surface area contributed by atoms with E-state index in [0.29, 0.717) is 24.5 Å². The molecule has 4 heteroatoms. The van der Waals surface area contributed by atoms with Crippen LogP contribution in [-0.2, 0) is 17.8 Å². The first-order chi connectivity index (χ1) is 10.6. The van der Waals surface area contributed by atoms with Crippen molar-refractivity contribution in [2.75, 3.05) is 13.7 Å². The van der Waals surface area contributed by atoms with Crippen LogP contribution in [0, 0.1) is 0 Å². The molecule has 3 nitrogen and oxygen atoms in total. The van der Waals surface area contributed by atoms with Crippen molar-refractivity contribution in [3.8, 4) is 5.75 Å². The maximum Gasteiger partial charge on any atom is 0.227 e. The topological polar surface area (TPSA) is 29.5 Å². The van der Waals surface area contributed by atoms with E-state index in [1.54, 1.807) is 7.11 Å². The first kappa shape index (κ1) is 16.4. The lowest BCUT2D eigenvalue weighted by molar-refractivity contribution is -0.130. The third-order valence-electron chi connectivity index (χ3n) is 3.54. The molecule has 0 saturated heterocycles. The van der Waals surface area contributed by atoms with Crippen LogP contribution in [0.25, 0.3) is 0 Å². The molecule has 0 bridgehead atoms. The second-order valence-corrected chi connectivity index (χ2v) is 5.50. The molecule has 0 unspecified atom stereocenters. The van der Waals surface area contributed by atoms with Crippen LogP contribution >= 0.6 is 11.6 Å². The number of benzene rings is 2. The van der Waals surface area contributed by atoms with Gasteiger partial charge in [0.2, 0.25) is 5.91 Å². The van der Waals surface area contributed by atoms with Gasteiger partial charge in [-0.2, -0.15) is 0 Å². The summed E-state index contributed by atoms with van der Waals surface area (Å²) < 4.78 is 5.15. The monoisotopic (exact) mass is 317 g/mol. The van der Waals surface area contributed by atoms with E-state index in [-0.39, 0.29) is 5.91 Å². The van der Waals surface area contributed by atoms with Crippen molar-refractivity contribution in [1.29, 1.82) is 0 Å². The van der Waals surface area contributed by atoms with Gasteiger partial charge in [0.05, 0.1) is 13.5 Å². The van der Waals surface area contributed by atoms with E-state index in [2.05, 4.69) is 0 Å². The molecule has 0 fully saturated rings. The maximum atomic E-state index is 12.4. The molecule has 2 rings (SSSR count). The van der Waals surface area contributed by atoms with Gasteiger partial charge in [-0.05, 0) is 42.3 Å². The Kier molecular flexibility index (Phi) is 5.84. The summed E-state index contributed by atoms with van der Waals surface area (Å²) in [6, 6.07) is 15.2. The number of rotatable bonds is 6. The number of amides is 1. The van der Waals surface area contributed by atoms with E-state index in [1.165, 1.54) is 0 Å². The van der Waals surface area contributed by atoms with Crippen molar-refractivity contribution >= 4 is 17.5 Å². The van der Waals surface area contributed by atoms with E-state index >= 15 is 0 Å². The molecule has 0 saturated carbocycles. The molecule has 0 aromatic heterocycles. The summed E-state index contributed by atoms with van der Waals surface area (Å²) in [7, 11) is 1.64. The predicted octanol–water partition coefficient (Wildman–Crippen LogP) is 3.94. The Morgan fingerprint density at radius 1 is 1.05 bits per heavy atom. The number of hydrogen-bond acceptors (Lipinski definition) is 2. The molecule has 2 aromatic rings. The molecule has 0 aliphatic carbocycles. The maximum absolute atomic E-state index is 12.4.